The number of nitrogens with two attached hydrogens (primary N) is 1. The number of methoxy groups -OCH3 is 2. The third-order valence-corrected chi connectivity index (χ3v) is 4.68. The van der Waals surface area contributed by atoms with Crippen molar-refractivity contribution in [2.75, 3.05) is 14.2 Å². The molecule has 1 aliphatic carbocycles. The number of aliphatic carboxylic acids is 1. The van der Waals surface area contributed by atoms with Gasteiger partial charge in [-0.05, 0) is 47.2 Å². The number of carboxylic acids is 1. The molecule has 2 aromatic carbocycles. The summed E-state index contributed by atoms with van der Waals surface area (Å²) in [4.78, 5) is 11.6. The van der Waals surface area contributed by atoms with Crippen molar-refractivity contribution in [3.05, 3.63) is 58.7 Å². The van der Waals surface area contributed by atoms with E-state index in [0.717, 1.165) is 35.1 Å². The molecule has 0 radical (unpaired) electrons. The van der Waals surface area contributed by atoms with Crippen LogP contribution in [0.3, 0.4) is 0 Å². The van der Waals surface area contributed by atoms with Gasteiger partial charge in [0.25, 0.3) is 0 Å². The molecule has 2 unspecified atom stereocenters. The van der Waals surface area contributed by atoms with Crippen LogP contribution in [-0.2, 0) is 17.6 Å². The van der Waals surface area contributed by atoms with Crippen LogP contribution in [-0.4, -0.2) is 31.3 Å². The first-order valence-electron chi connectivity index (χ1n) is 7.87. The number of carbonyl (C=O) groups is 1. The first-order valence-corrected chi connectivity index (χ1v) is 7.87. The minimum atomic E-state index is -1.03. The summed E-state index contributed by atoms with van der Waals surface area (Å²) in [5.74, 6) is -0.212. The maximum absolute atomic E-state index is 11.6. The Hall–Kier alpha value is -2.53. The predicted octanol–water partition coefficient (Wildman–Crippen LogP) is 2.35. The molecule has 0 heterocycles. The van der Waals surface area contributed by atoms with Gasteiger partial charge in [0.1, 0.15) is 6.04 Å². The first-order chi connectivity index (χ1) is 11.6. The number of fused-ring (bicyclic) bond motifs is 2. The lowest BCUT2D eigenvalue weighted by molar-refractivity contribution is -0.138. The summed E-state index contributed by atoms with van der Waals surface area (Å²) in [5.41, 5.74) is 10.1. The topological polar surface area (TPSA) is 81.8 Å². The van der Waals surface area contributed by atoms with E-state index in [1.807, 2.05) is 36.4 Å². The first kappa shape index (κ1) is 16.3. The smallest absolute Gasteiger partial charge is 0.321 e. The van der Waals surface area contributed by atoms with Crippen LogP contribution in [0.2, 0.25) is 0 Å². The minimum absolute atomic E-state index is 0.420. The van der Waals surface area contributed by atoms with E-state index in [2.05, 4.69) is 0 Å². The van der Waals surface area contributed by atoms with Gasteiger partial charge in [-0.3, -0.25) is 4.79 Å². The normalized spacial score (nSPS) is 17.2. The van der Waals surface area contributed by atoms with Crippen molar-refractivity contribution in [2.45, 2.75) is 24.8 Å². The molecule has 1 aliphatic rings. The summed E-state index contributed by atoms with van der Waals surface area (Å²) in [6.07, 6.45) is 1.64. The number of rotatable bonds is 4. The monoisotopic (exact) mass is 327 g/mol. The van der Waals surface area contributed by atoms with Gasteiger partial charge in [0.15, 0.2) is 11.5 Å². The lowest BCUT2D eigenvalue weighted by Crippen LogP contribution is -2.37. The standard InChI is InChI=1S/C19H21NO4/c1-23-15-9-12-8-7-11-5-3-4-6-13(11)17(18(20)19(21)22)14(12)10-16(15)24-2/h3-6,9-10,17-18H,7-8,20H2,1-2H3,(H,21,22). The summed E-state index contributed by atoms with van der Waals surface area (Å²) < 4.78 is 10.8. The van der Waals surface area contributed by atoms with E-state index in [-0.39, 0.29) is 0 Å². The van der Waals surface area contributed by atoms with Crippen LogP contribution >= 0.6 is 0 Å². The highest BCUT2D eigenvalue weighted by molar-refractivity contribution is 5.76. The van der Waals surface area contributed by atoms with Gasteiger partial charge in [0.05, 0.1) is 14.2 Å². The second-order valence-electron chi connectivity index (χ2n) is 5.95. The van der Waals surface area contributed by atoms with Crippen molar-refractivity contribution >= 4 is 5.97 Å². The Kier molecular flexibility index (Phi) is 4.44. The van der Waals surface area contributed by atoms with E-state index in [4.69, 9.17) is 15.2 Å². The highest BCUT2D eigenvalue weighted by Gasteiger charge is 2.33. The zero-order chi connectivity index (χ0) is 17.3. The minimum Gasteiger partial charge on any atom is -0.493 e. The SMILES string of the molecule is COc1cc2c(cc1OC)C(C(N)C(=O)O)c1ccccc1CC2. The molecule has 0 aliphatic heterocycles. The number of ether oxygens (including phenoxy) is 2. The van der Waals surface area contributed by atoms with Crippen LogP contribution < -0.4 is 15.2 Å². The zero-order valence-electron chi connectivity index (χ0n) is 13.8. The Balaban J connectivity index is 2.24. The van der Waals surface area contributed by atoms with Gasteiger partial charge in [-0.2, -0.15) is 0 Å². The molecule has 2 aromatic rings. The van der Waals surface area contributed by atoms with Crippen LogP contribution in [0.1, 0.15) is 28.2 Å². The largest absolute Gasteiger partial charge is 0.493 e. The fourth-order valence-corrected chi connectivity index (χ4v) is 3.47. The van der Waals surface area contributed by atoms with Gasteiger partial charge in [0.2, 0.25) is 0 Å². The van der Waals surface area contributed by atoms with Crippen LogP contribution in [0.4, 0.5) is 0 Å². The average Bonchev–Trinajstić information content (AvgIpc) is 2.76. The molecule has 3 N–H and O–H groups in total. The highest BCUT2D eigenvalue weighted by Crippen LogP contribution is 2.41. The van der Waals surface area contributed by atoms with Crippen molar-refractivity contribution in [3.8, 4) is 11.5 Å². The number of carboxylic acid groups (broad SMARTS) is 1. The third-order valence-electron chi connectivity index (χ3n) is 4.68. The van der Waals surface area contributed by atoms with Crippen molar-refractivity contribution in [1.82, 2.24) is 0 Å². The van der Waals surface area contributed by atoms with E-state index in [1.54, 1.807) is 14.2 Å². The summed E-state index contributed by atoms with van der Waals surface area (Å²) in [7, 11) is 3.16. The Morgan fingerprint density at radius 2 is 1.71 bits per heavy atom. The molecule has 0 fully saturated rings. The lowest BCUT2D eigenvalue weighted by Gasteiger charge is -2.25. The van der Waals surface area contributed by atoms with Gasteiger partial charge < -0.3 is 20.3 Å². The average molecular weight is 327 g/mol. The Bertz CT molecular complexity index is 772. The third kappa shape index (κ3) is 2.71. The second-order valence-corrected chi connectivity index (χ2v) is 5.95. The van der Waals surface area contributed by atoms with Gasteiger partial charge in [-0.1, -0.05) is 24.3 Å². The van der Waals surface area contributed by atoms with Crippen LogP contribution in [0, 0.1) is 0 Å². The van der Waals surface area contributed by atoms with Gasteiger partial charge in [-0.25, -0.2) is 0 Å². The van der Waals surface area contributed by atoms with E-state index < -0.39 is 17.9 Å². The lowest BCUT2D eigenvalue weighted by atomic mass is 9.82. The van der Waals surface area contributed by atoms with Crippen molar-refractivity contribution < 1.29 is 19.4 Å². The van der Waals surface area contributed by atoms with E-state index >= 15 is 0 Å². The summed E-state index contributed by atoms with van der Waals surface area (Å²) in [6.45, 7) is 0. The molecular formula is C19H21NO4. The van der Waals surface area contributed by atoms with Gasteiger partial charge in [-0.15, -0.1) is 0 Å². The van der Waals surface area contributed by atoms with Crippen molar-refractivity contribution in [3.63, 3.8) is 0 Å². The van der Waals surface area contributed by atoms with E-state index in [1.165, 1.54) is 0 Å². The summed E-state index contributed by atoms with van der Waals surface area (Å²) >= 11 is 0. The molecule has 0 saturated heterocycles. The second kappa shape index (κ2) is 6.53. The molecule has 126 valence electrons. The molecule has 5 heteroatoms. The van der Waals surface area contributed by atoms with Gasteiger partial charge in [0, 0.05) is 5.92 Å². The fraction of sp³-hybridized carbons (Fsp3) is 0.316. The number of aryl methyl sites for hydroxylation is 2. The fourth-order valence-electron chi connectivity index (χ4n) is 3.47. The molecule has 0 aromatic heterocycles. The highest BCUT2D eigenvalue weighted by atomic mass is 16.5. The maximum atomic E-state index is 11.6. The summed E-state index contributed by atoms with van der Waals surface area (Å²) in [6, 6.07) is 10.7. The molecule has 24 heavy (non-hydrogen) atoms. The Labute approximate surface area is 141 Å². The van der Waals surface area contributed by atoms with Gasteiger partial charge >= 0.3 is 5.97 Å². The molecule has 0 spiro atoms. The van der Waals surface area contributed by atoms with Crippen LogP contribution in [0.5, 0.6) is 11.5 Å². The van der Waals surface area contributed by atoms with E-state index in [0.29, 0.717) is 11.5 Å². The predicted molar refractivity (Wildman–Crippen MR) is 90.9 cm³/mol. The summed E-state index contributed by atoms with van der Waals surface area (Å²) in [5, 5.41) is 9.52. The molecule has 5 nitrogen and oxygen atoms in total. The molecular weight excluding hydrogens is 306 g/mol. The number of hydrogen-bond acceptors (Lipinski definition) is 4. The zero-order valence-corrected chi connectivity index (χ0v) is 13.8. The number of benzene rings is 2. The van der Waals surface area contributed by atoms with Crippen molar-refractivity contribution in [1.29, 1.82) is 0 Å². The molecule has 3 rings (SSSR count). The Morgan fingerprint density at radius 3 is 2.38 bits per heavy atom. The molecule has 0 amide bonds. The molecule has 2 atom stereocenters. The van der Waals surface area contributed by atoms with E-state index in [9.17, 15) is 9.90 Å². The van der Waals surface area contributed by atoms with Crippen LogP contribution in [0.15, 0.2) is 36.4 Å². The maximum Gasteiger partial charge on any atom is 0.321 e. The quantitative estimate of drug-likeness (QED) is 0.901. The van der Waals surface area contributed by atoms with Crippen molar-refractivity contribution in [2.24, 2.45) is 5.73 Å². The number of hydrogen-bond donors (Lipinski definition) is 2. The Morgan fingerprint density at radius 1 is 1.08 bits per heavy atom. The molecule has 0 saturated carbocycles. The molecule has 0 bridgehead atoms. The van der Waals surface area contributed by atoms with Crippen LogP contribution in [0.25, 0.3) is 0 Å².